The molecule has 0 radical (unpaired) electrons. The number of esters is 1. The average molecular weight is 271 g/mol. The predicted molar refractivity (Wildman–Crippen MR) is 71.7 cm³/mol. The van der Waals surface area contributed by atoms with Crippen LogP contribution in [0.25, 0.3) is 0 Å². The summed E-state index contributed by atoms with van der Waals surface area (Å²) in [6.07, 6.45) is 1.68. The van der Waals surface area contributed by atoms with E-state index in [-0.39, 0.29) is 5.97 Å². The fourth-order valence-corrected chi connectivity index (χ4v) is 1.66. The van der Waals surface area contributed by atoms with Crippen molar-refractivity contribution in [3.05, 3.63) is 35.9 Å². The van der Waals surface area contributed by atoms with E-state index in [0.717, 1.165) is 25.0 Å². The summed E-state index contributed by atoms with van der Waals surface area (Å²) in [6, 6.07) is 9.20. The normalized spacial score (nSPS) is 12.1. The molecule has 0 aromatic heterocycles. The van der Waals surface area contributed by atoms with Crippen LogP contribution in [0.3, 0.4) is 0 Å². The van der Waals surface area contributed by atoms with Gasteiger partial charge in [0.25, 0.3) is 0 Å². The highest BCUT2D eigenvalue weighted by Crippen LogP contribution is 2.21. The summed E-state index contributed by atoms with van der Waals surface area (Å²) in [4.78, 5) is 11.6. The maximum absolute atomic E-state index is 11.6. The molecule has 1 atom stereocenters. The molecule has 1 aromatic rings. The SMILES string of the molecule is CCOCCCCOC(=O)C(Cl)c1ccccc1. The van der Waals surface area contributed by atoms with Crippen molar-refractivity contribution in [1.82, 2.24) is 0 Å². The van der Waals surface area contributed by atoms with Crippen LogP contribution >= 0.6 is 11.6 Å². The topological polar surface area (TPSA) is 35.5 Å². The number of carbonyl (C=O) groups is 1. The van der Waals surface area contributed by atoms with Gasteiger partial charge >= 0.3 is 5.97 Å². The highest BCUT2D eigenvalue weighted by atomic mass is 35.5. The molecule has 0 fully saturated rings. The maximum Gasteiger partial charge on any atom is 0.328 e. The molecule has 100 valence electrons. The Labute approximate surface area is 113 Å². The van der Waals surface area contributed by atoms with Crippen LogP contribution in [0.5, 0.6) is 0 Å². The van der Waals surface area contributed by atoms with E-state index in [0.29, 0.717) is 13.2 Å². The van der Waals surface area contributed by atoms with E-state index < -0.39 is 5.38 Å². The maximum atomic E-state index is 11.6. The molecule has 3 nitrogen and oxygen atoms in total. The van der Waals surface area contributed by atoms with Gasteiger partial charge < -0.3 is 9.47 Å². The van der Waals surface area contributed by atoms with E-state index in [2.05, 4.69) is 0 Å². The fraction of sp³-hybridized carbons (Fsp3) is 0.500. The number of hydrogen-bond donors (Lipinski definition) is 0. The summed E-state index contributed by atoms with van der Waals surface area (Å²) < 4.78 is 10.3. The van der Waals surface area contributed by atoms with Crippen LogP contribution in [0.1, 0.15) is 30.7 Å². The van der Waals surface area contributed by atoms with Crippen LogP contribution in [-0.2, 0) is 14.3 Å². The average Bonchev–Trinajstić information content (AvgIpc) is 2.42. The molecule has 4 heteroatoms. The molecule has 0 saturated carbocycles. The highest BCUT2D eigenvalue weighted by Gasteiger charge is 2.18. The molecule has 1 aromatic carbocycles. The lowest BCUT2D eigenvalue weighted by Gasteiger charge is -2.10. The van der Waals surface area contributed by atoms with Gasteiger partial charge in [0.2, 0.25) is 0 Å². The number of hydrogen-bond acceptors (Lipinski definition) is 3. The first-order valence-corrected chi connectivity index (χ1v) is 6.62. The molecule has 0 aliphatic heterocycles. The molecular weight excluding hydrogens is 252 g/mol. The lowest BCUT2D eigenvalue weighted by Crippen LogP contribution is -2.12. The fourth-order valence-electron chi connectivity index (χ4n) is 1.45. The van der Waals surface area contributed by atoms with E-state index in [9.17, 15) is 4.79 Å². The van der Waals surface area contributed by atoms with Crippen molar-refractivity contribution >= 4 is 17.6 Å². The summed E-state index contributed by atoms with van der Waals surface area (Å²) >= 11 is 6.02. The first-order valence-electron chi connectivity index (χ1n) is 6.19. The Morgan fingerprint density at radius 1 is 1.22 bits per heavy atom. The zero-order valence-corrected chi connectivity index (χ0v) is 11.4. The molecule has 0 amide bonds. The van der Waals surface area contributed by atoms with E-state index in [1.165, 1.54) is 0 Å². The van der Waals surface area contributed by atoms with Crippen LogP contribution in [0.2, 0.25) is 0 Å². The molecule has 0 saturated heterocycles. The van der Waals surface area contributed by atoms with Gasteiger partial charge in [0.15, 0.2) is 5.38 Å². The second-order valence-electron chi connectivity index (χ2n) is 3.84. The monoisotopic (exact) mass is 270 g/mol. The van der Waals surface area contributed by atoms with Gasteiger partial charge in [-0.2, -0.15) is 0 Å². The lowest BCUT2D eigenvalue weighted by atomic mass is 10.1. The summed E-state index contributed by atoms with van der Waals surface area (Å²) in [5.41, 5.74) is 0.762. The van der Waals surface area contributed by atoms with Gasteiger partial charge in [0.05, 0.1) is 6.61 Å². The Morgan fingerprint density at radius 3 is 2.56 bits per heavy atom. The Bertz CT molecular complexity index is 340. The van der Waals surface area contributed by atoms with E-state index in [1.54, 1.807) is 0 Å². The van der Waals surface area contributed by atoms with Gasteiger partial charge in [-0.3, -0.25) is 4.79 Å². The molecule has 0 spiro atoms. The molecule has 1 rings (SSSR count). The van der Waals surface area contributed by atoms with Crippen molar-refractivity contribution in [1.29, 1.82) is 0 Å². The van der Waals surface area contributed by atoms with Gasteiger partial charge in [0, 0.05) is 13.2 Å². The lowest BCUT2D eigenvalue weighted by molar-refractivity contribution is -0.143. The van der Waals surface area contributed by atoms with Crippen LogP contribution in [0, 0.1) is 0 Å². The van der Waals surface area contributed by atoms with Crippen molar-refractivity contribution in [2.24, 2.45) is 0 Å². The van der Waals surface area contributed by atoms with Crippen molar-refractivity contribution in [3.63, 3.8) is 0 Å². The van der Waals surface area contributed by atoms with Crippen LogP contribution in [0.15, 0.2) is 30.3 Å². The van der Waals surface area contributed by atoms with Crippen molar-refractivity contribution in [2.45, 2.75) is 25.1 Å². The van der Waals surface area contributed by atoms with Crippen LogP contribution in [-0.4, -0.2) is 25.8 Å². The predicted octanol–water partition coefficient (Wildman–Crippen LogP) is 3.33. The zero-order chi connectivity index (χ0) is 13.2. The number of rotatable bonds is 8. The molecule has 1 unspecified atom stereocenters. The van der Waals surface area contributed by atoms with Gasteiger partial charge in [-0.1, -0.05) is 30.3 Å². The summed E-state index contributed by atoms with van der Waals surface area (Å²) in [5, 5.41) is -0.724. The van der Waals surface area contributed by atoms with Crippen LogP contribution < -0.4 is 0 Å². The second-order valence-corrected chi connectivity index (χ2v) is 4.28. The third kappa shape index (κ3) is 5.52. The first kappa shape index (κ1) is 15.0. The number of ether oxygens (including phenoxy) is 2. The summed E-state index contributed by atoms with van der Waals surface area (Å²) in [5.74, 6) is -0.390. The van der Waals surface area contributed by atoms with Gasteiger partial charge in [-0.15, -0.1) is 11.6 Å². The Morgan fingerprint density at radius 2 is 1.89 bits per heavy atom. The highest BCUT2D eigenvalue weighted by molar-refractivity contribution is 6.29. The number of carbonyl (C=O) groups excluding carboxylic acids is 1. The number of halogens is 1. The smallest absolute Gasteiger partial charge is 0.328 e. The standard InChI is InChI=1S/C14H19ClO3/c1-2-17-10-6-7-11-18-14(16)13(15)12-8-4-3-5-9-12/h3-5,8-9,13H,2,6-7,10-11H2,1H3. The zero-order valence-electron chi connectivity index (χ0n) is 10.6. The quantitative estimate of drug-likeness (QED) is 0.413. The molecular formula is C14H19ClO3. The minimum Gasteiger partial charge on any atom is -0.464 e. The van der Waals surface area contributed by atoms with Gasteiger partial charge in [-0.05, 0) is 25.3 Å². The molecule has 0 aliphatic rings. The van der Waals surface area contributed by atoms with E-state index in [1.807, 2.05) is 37.3 Å². The summed E-state index contributed by atoms with van der Waals surface area (Å²) in [7, 11) is 0. The van der Waals surface area contributed by atoms with Crippen molar-refractivity contribution in [3.8, 4) is 0 Å². The third-order valence-electron chi connectivity index (χ3n) is 2.43. The van der Waals surface area contributed by atoms with E-state index >= 15 is 0 Å². The molecule has 0 heterocycles. The second kappa shape index (κ2) is 8.95. The van der Waals surface area contributed by atoms with Gasteiger partial charge in [-0.25, -0.2) is 0 Å². The largest absolute Gasteiger partial charge is 0.464 e. The first-order chi connectivity index (χ1) is 8.75. The van der Waals surface area contributed by atoms with Crippen molar-refractivity contribution < 1.29 is 14.3 Å². The van der Waals surface area contributed by atoms with Gasteiger partial charge in [0.1, 0.15) is 0 Å². The Hall–Kier alpha value is -1.06. The molecule has 0 bridgehead atoms. The molecule has 18 heavy (non-hydrogen) atoms. The minimum atomic E-state index is -0.724. The third-order valence-corrected chi connectivity index (χ3v) is 2.86. The minimum absolute atomic E-state index is 0.390. The number of benzene rings is 1. The van der Waals surface area contributed by atoms with Crippen molar-refractivity contribution in [2.75, 3.05) is 19.8 Å². The Balaban J connectivity index is 2.20. The van der Waals surface area contributed by atoms with Crippen LogP contribution in [0.4, 0.5) is 0 Å². The number of unbranched alkanes of at least 4 members (excludes halogenated alkanes) is 1. The molecule has 0 aliphatic carbocycles. The molecule has 0 N–H and O–H groups in total. The Kier molecular flexibility index (Phi) is 7.46. The summed E-state index contributed by atoms with van der Waals surface area (Å²) in [6.45, 7) is 3.77. The number of alkyl halides is 1. The van der Waals surface area contributed by atoms with E-state index in [4.69, 9.17) is 21.1 Å².